The summed E-state index contributed by atoms with van der Waals surface area (Å²) in [5.41, 5.74) is 8.20. The first-order chi connectivity index (χ1) is 12.3. The van der Waals surface area contributed by atoms with Gasteiger partial charge in [-0.05, 0) is 29.8 Å². The predicted molar refractivity (Wildman–Crippen MR) is 88.1 cm³/mol. The lowest BCUT2D eigenvalue weighted by Gasteiger charge is -2.10. The molecule has 1 amide bonds. The number of carbonyl (C=O) groups excluding carboxylic acids is 1. The smallest absolute Gasteiger partial charge is 0.406 e. The van der Waals surface area contributed by atoms with Crippen LogP contribution in [0.1, 0.15) is 10.4 Å². The first-order valence-corrected chi connectivity index (χ1v) is 7.38. The summed E-state index contributed by atoms with van der Waals surface area (Å²) in [6.07, 6.45) is 1.36. The molecule has 8 heteroatoms. The molecule has 0 unspecified atom stereocenters. The Morgan fingerprint density at radius 3 is 1.96 bits per heavy atom. The number of nitrogens with zero attached hydrogens (tertiary/aromatic N) is 2. The highest BCUT2D eigenvalue weighted by molar-refractivity contribution is 5.93. The van der Waals surface area contributed by atoms with E-state index in [0.717, 1.165) is 0 Å². The number of amides is 1. The Morgan fingerprint density at radius 1 is 0.846 bits per heavy atom. The van der Waals surface area contributed by atoms with Crippen molar-refractivity contribution in [2.24, 2.45) is 5.73 Å². The van der Waals surface area contributed by atoms with Crippen LogP contribution in [0.25, 0.3) is 22.3 Å². The Kier molecular flexibility index (Phi) is 4.57. The molecule has 132 valence electrons. The van der Waals surface area contributed by atoms with E-state index in [-0.39, 0.29) is 11.3 Å². The van der Waals surface area contributed by atoms with Gasteiger partial charge in [-0.3, -0.25) is 14.8 Å². The van der Waals surface area contributed by atoms with Crippen LogP contribution in [0.15, 0.2) is 61.2 Å². The van der Waals surface area contributed by atoms with Crippen molar-refractivity contribution < 1.29 is 22.7 Å². The summed E-state index contributed by atoms with van der Waals surface area (Å²) in [4.78, 5) is 19.4. The van der Waals surface area contributed by atoms with E-state index < -0.39 is 12.3 Å². The number of hydrogen-bond donors (Lipinski definition) is 1. The SMILES string of the molecule is NC(=O)c1cncc(-c2cncc(-c3ccc(OC(F)(F)F)cc3)c2)c1. The van der Waals surface area contributed by atoms with Gasteiger partial charge in [-0.2, -0.15) is 0 Å². The van der Waals surface area contributed by atoms with E-state index in [2.05, 4.69) is 14.7 Å². The van der Waals surface area contributed by atoms with Gasteiger partial charge in [-0.25, -0.2) is 0 Å². The lowest BCUT2D eigenvalue weighted by atomic mass is 10.0. The van der Waals surface area contributed by atoms with Crippen LogP contribution in [0, 0.1) is 0 Å². The number of ether oxygens (including phenoxy) is 1. The predicted octanol–water partition coefficient (Wildman–Crippen LogP) is 3.81. The third-order valence-electron chi connectivity index (χ3n) is 3.52. The van der Waals surface area contributed by atoms with E-state index in [0.29, 0.717) is 22.3 Å². The van der Waals surface area contributed by atoms with E-state index in [1.807, 2.05) is 0 Å². The summed E-state index contributed by atoms with van der Waals surface area (Å²) in [6, 6.07) is 8.83. The molecule has 1 aromatic carbocycles. The van der Waals surface area contributed by atoms with Gasteiger partial charge in [0, 0.05) is 41.5 Å². The van der Waals surface area contributed by atoms with Crippen molar-refractivity contribution in [3.63, 3.8) is 0 Å². The Hall–Kier alpha value is -3.42. The van der Waals surface area contributed by atoms with Crippen molar-refractivity contribution in [3.05, 3.63) is 66.7 Å². The number of primary amides is 1. The first-order valence-electron chi connectivity index (χ1n) is 7.38. The summed E-state index contributed by atoms with van der Waals surface area (Å²) < 4.78 is 40.5. The molecule has 5 nitrogen and oxygen atoms in total. The fraction of sp³-hybridized carbons (Fsp3) is 0.0556. The third kappa shape index (κ3) is 4.15. The van der Waals surface area contributed by atoms with Crippen molar-refractivity contribution in [2.45, 2.75) is 6.36 Å². The topological polar surface area (TPSA) is 78.1 Å². The fourth-order valence-electron chi connectivity index (χ4n) is 2.34. The molecule has 0 aliphatic rings. The van der Waals surface area contributed by atoms with E-state index in [1.54, 1.807) is 30.7 Å². The van der Waals surface area contributed by atoms with Crippen LogP contribution in [0.2, 0.25) is 0 Å². The van der Waals surface area contributed by atoms with Crippen molar-refractivity contribution in [3.8, 4) is 28.0 Å². The van der Waals surface area contributed by atoms with Gasteiger partial charge in [-0.1, -0.05) is 12.1 Å². The quantitative estimate of drug-likeness (QED) is 0.768. The molecule has 0 bridgehead atoms. The second-order valence-corrected chi connectivity index (χ2v) is 5.36. The van der Waals surface area contributed by atoms with Crippen molar-refractivity contribution in [2.75, 3.05) is 0 Å². The fourth-order valence-corrected chi connectivity index (χ4v) is 2.34. The standard InChI is InChI=1S/C18H12F3N3O2/c19-18(20,21)26-16-3-1-11(2-4-16)12-5-13(8-23-7-12)14-6-15(17(22)25)10-24-9-14/h1-10H,(H2,22,25). The first kappa shape index (κ1) is 17.4. The maximum atomic E-state index is 12.2. The molecule has 26 heavy (non-hydrogen) atoms. The van der Waals surface area contributed by atoms with Gasteiger partial charge in [0.15, 0.2) is 0 Å². The van der Waals surface area contributed by atoms with Crippen LogP contribution < -0.4 is 10.5 Å². The van der Waals surface area contributed by atoms with Gasteiger partial charge >= 0.3 is 6.36 Å². The van der Waals surface area contributed by atoms with E-state index in [4.69, 9.17) is 5.73 Å². The number of aromatic nitrogens is 2. The number of halogens is 3. The molecule has 0 fully saturated rings. The zero-order valence-electron chi connectivity index (χ0n) is 13.2. The molecule has 3 rings (SSSR count). The molecule has 0 atom stereocenters. The molecule has 0 radical (unpaired) electrons. The monoisotopic (exact) mass is 359 g/mol. The molecule has 0 aliphatic heterocycles. The molecule has 0 saturated carbocycles. The Bertz CT molecular complexity index is 941. The maximum Gasteiger partial charge on any atom is 0.573 e. The number of hydrogen-bond acceptors (Lipinski definition) is 4. The van der Waals surface area contributed by atoms with Gasteiger partial charge < -0.3 is 10.5 Å². The zero-order valence-corrected chi connectivity index (χ0v) is 13.2. The molecular weight excluding hydrogens is 347 g/mol. The second-order valence-electron chi connectivity index (χ2n) is 5.36. The minimum absolute atomic E-state index is 0.265. The van der Waals surface area contributed by atoms with Crippen molar-refractivity contribution >= 4 is 5.91 Å². The summed E-state index contributed by atoms with van der Waals surface area (Å²) >= 11 is 0. The zero-order chi connectivity index (χ0) is 18.7. The lowest BCUT2D eigenvalue weighted by molar-refractivity contribution is -0.274. The van der Waals surface area contributed by atoms with Crippen LogP contribution in [-0.2, 0) is 0 Å². The normalized spacial score (nSPS) is 11.2. The number of alkyl halides is 3. The largest absolute Gasteiger partial charge is 0.573 e. The summed E-state index contributed by atoms with van der Waals surface area (Å²) in [7, 11) is 0. The minimum Gasteiger partial charge on any atom is -0.406 e. The van der Waals surface area contributed by atoms with Crippen LogP contribution in [0.3, 0.4) is 0 Å². The molecule has 0 spiro atoms. The van der Waals surface area contributed by atoms with E-state index in [1.165, 1.54) is 30.5 Å². The average molecular weight is 359 g/mol. The van der Waals surface area contributed by atoms with Crippen LogP contribution in [-0.4, -0.2) is 22.2 Å². The minimum atomic E-state index is -4.73. The summed E-state index contributed by atoms with van der Waals surface area (Å²) in [5, 5.41) is 0. The molecule has 0 saturated heterocycles. The second kappa shape index (κ2) is 6.83. The maximum absolute atomic E-state index is 12.2. The highest BCUT2D eigenvalue weighted by atomic mass is 19.4. The van der Waals surface area contributed by atoms with Crippen LogP contribution in [0.5, 0.6) is 5.75 Å². The molecule has 2 aromatic heterocycles. The van der Waals surface area contributed by atoms with Crippen LogP contribution in [0.4, 0.5) is 13.2 Å². The Labute approximate surface area is 146 Å². The van der Waals surface area contributed by atoms with E-state index >= 15 is 0 Å². The number of carbonyl (C=O) groups is 1. The van der Waals surface area contributed by atoms with Crippen molar-refractivity contribution in [1.29, 1.82) is 0 Å². The molecule has 2 N–H and O–H groups in total. The summed E-state index contributed by atoms with van der Waals surface area (Å²) in [5.74, 6) is -0.896. The lowest BCUT2D eigenvalue weighted by Crippen LogP contribution is -2.16. The summed E-state index contributed by atoms with van der Waals surface area (Å²) in [6.45, 7) is 0. The highest BCUT2D eigenvalue weighted by Crippen LogP contribution is 2.28. The van der Waals surface area contributed by atoms with Gasteiger partial charge in [0.1, 0.15) is 5.75 Å². The number of benzene rings is 1. The Morgan fingerprint density at radius 2 is 1.38 bits per heavy atom. The Balaban J connectivity index is 1.90. The highest BCUT2D eigenvalue weighted by Gasteiger charge is 2.30. The van der Waals surface area contributed by atoms with Gasteiger partial charge in [0.2, 0.25) is 5.91 Å². The molecule has 3 aromatic rings. The van der Waals surface area contributed by atoms with Crippen LogP contribution >= 0.6 is 0 Å². The number of nitrogens with two attached hydrogens (primary N) is 1. The van der Waals surface area contributed by atoms with Gasteiger partial charge in [0.25, 0.3) is 0 Å². The third-order valence-corrected chi connectivity index (χ3v) is 3.52. The van der Waals surface area contributed by atoms with Gasteiger partial charge in [-0.15, -0.1) is 13.2 Å². The average Bonchev–Trinajstić information content (AvgIpc) is 2.61. The van der Waals surface area contributed by atoms with Gasteiger partial charge in [0.05, 0.1) is 5.56 Å². The number of pyridine rings is 2. The van der Waals surface area contributed by atoms with Crippen molar-refractivity contribution in [1.82, 2.24) is 9.97 Å². The molecular formula is C18H12F3N3O2. The molecule has 0 aliphatic carbocycles. The van der Waals surface area contributed by atoms with E-state index in [9.17, 15) is 18.0 Å². The number of rotatable bonds is 4. The molecule has 2 heterocycles.